The second kappa shape index (κ2) is 16.0. The van der Waals surface area contributed by atoms with Crippen molar-refractivity contribution in [1.29, 1.82) is 0 Å². The summed E-state index contributed by atoms with van der Waals surface area (Å²) in [5.74, 6) is 0.253. The van der Waals surface area contributed by atoms with Crippen molar-refractivity contribution < 1.29 is 38.1 Å². The molecule has 0 aliphatic heterocycles. The average Bonchev–Trinajstić information content (AvgIpc) is 2.93. The lowest BCUT2D eigenvalue weighted by Crippen LogP contribution is -2.46. The fourth-order valence-corrected chi connectivity index (χ4v) is 3.39. The Morgan fingerprint density at radius 3 is 1.57 bits per heavy atom. The number of carbonyl (C=O) groups is 4. The predicted molar refractivity (Wildman–Crippen MR) is 145 cm³/mol. The van der Waals surface area contributed by atoms with E-state index in [-0.39, 0.29) is 13.0 Å². The van der Waals surface area contributed by atoms with Gasteiger partial charge in [-0.25, -0.2) is 19.2 Å². The molecule has 0 radical (unpaired) electrons. The molecule has 3 rings (SSSR count). The summed E-state index contributed by atoms with van der Waals surface area (Å²) in [5.41, 5.74) is 0. The first kappa shape index (κ1) is 29.5. The smallest absolute Gasteiger partial charge is 0.415 e. The van der Waals surface area contributed by atoms with Gasteiger partial charge in [-0.2, -0.15) is 0 Å². The van der Waals surface area contributed by atoms with E-state index in [2.05, 4.69) is 16.0 Å². The van der Waals surface area contributed by atoms with E-state index in [4.69, 9.17) is 18.9 Å². The highest BCUT2D eigenvalue weighted by atomic mass is 16.6. The van der Waals surface area contributed by atoms with Crippen LogP contribution in [-0.2, 0) is 9.53 Å². The van der Waals surface area contributed by atoms with Crippen molar-refractivity contribution in [3.63, 3.8) is 0 Å². The minimum Gasteiger partial charge on any atom is -0.440 e. The van der Waals surface area contributed by atoms with Crippen molar-refractivity contribution in [3.05, 3.63) is 91.0 Å². The highest BCUT2D eigenvalue weighted by molar-refractivity contribution is 5.82. The lowest BCUT2D eigenvalue weighted by atomic mass is 10.1. The number of amides is 3. The van der Waals surface area contributed by atoms with Crippen LogP contribution in [0.2, 0.25) is 0 Å². The molecule has 3 aromatic carbocycles. The predicted octanol–water partition coefficient (Wildman–Crippen LogP) is 4.78. The van der Waals surface area contributed by atoms with Gasteiger partial charge in [-0.1, -0.05) is 54.6 Å². The van der Waals surface area contributed by atoms with E-state index in [0.29, 0.717) is 30.1 Å². The maximum Gasteiger partial charge on any atom is 0.415 e. The van der Waals surface area contributed by atoms with Crippen LogP contribution in [0.25, 0.3) is 0 Å². The molecule has 40 heavy (non-hydrogen) atoms. The molecule has 0 aliphatic rings. The Morgan fingerprint density at radius 2 is 1.07 bits per heavy atom. The van der Waals surface area contributed by atoms with Crippen LogP contribution in [0, 0.1) is 0 Å². The molecule has 2 atom stereocenters. The van der Waals surface area contributed by atoms with E-state index in [0.717, 1.165) is 0 Å². The molecule has 3 aromatic rings. The Bertz CT molecular complexity index is 1230. The van der Waals surface area contributed by atoms with Crippen LogP contribution in [0.3, 0.4) is 0 Å². The number of ether oxygens (including phenoxy) is 4. The van der Waals surface area contributed by atoms with Gasteiger partial charge in [-0.15, -0.1) is 0 Å². The third-order valence-corrected chi connectivity index (χ3v) is 5.24. The molecular formula is C29H31N3O8. The fourth-order valence-electron chi connectivity index (χ4n) is 3.39. The zero-order valence-corrected chi connectivity index (χ0v) is 21.9. The van der Waals surface area contributed by atoms with E-state index >= 15 is 0 Å². The SMILES string of the molecule is CC(NC(=O)Oc1ccccc1)OC(=O)C(CCCCNC(=O)Oc1ccccc1)NC(=O)Oc1ccccc1. The van der Waals surface area contributed by atoms with Crippen molar-refractivity contribution in [2.75, 3.05) is 6.54 Å². The molecule has 210 valence electrons. The van der Waals surface area contributed by atoms with E-state index < -0.39 is 36.5 Å². The van der Waals surface area contributed by atoms with Crippen LogP contribution < -0.4 is 30.2 Å². The number of esters is 1. The second-order valence-corrected chi connectivity index (χ2v) is 8.45. The highest BCUT2D eigenvalue weighted by Gasteiger charge is 2.25. The van der Waals surface area contributed by atoms with Crippen LogP contribution in [-0.4, -0.2) is 43.1 Å². The summed E-state index contributed by atoms with van der Waals surface area (Å²) in [6.07, 6.45) is -2.20. The summed E-state index contributed by atoms with van der Waals surface area (Å²) >= 11 is 0. The molecule has 0 saturated carbocycles. The van der Waals surface area contributed by atoms with Crippen LogP contribution in [0.4, 0.5) is 14.4 Å². The molecule has 11 nitrogen and oxygen atoms in total. The molecule has 0 heterocycles. The summed E-state index contributed by atoms with van der Waals surface area (Å²) in [5, 5.41) is 7.54. The van der Waals surface area contributed by atoms with Gasteiger partial charge < -0.3 is 29.6 Å². The Kier molecular flexibility index (Phi) is 11.8. The van der Waals surface area contributed by atoms with Gasteiger partial charge in [-0.3, -0.25) is 5.32 Å². The molecule has 11 heteroatoms. The van der Waals surface area contributed by atoms with Crippen LogP contribution in [0.15, 0.2) is 91.0 Å². The summed E-state index contributed by atoms with van der Waals surface area (Å²) in [7, 11) is 0. The largest absolute Gasteiger partial charge is 0.440 e. The van der Waals surface area contributed by atoms with Gasteiger partial charge >= 0.3 is 24.2 Å². The first-order valence-corrected chi connectivity index (χ1v) is 12.7. The van der Waals surface area contributed by atoms with Crippen molar-refractivity contribution in [2.24, 2.45) is 0 Å². The molecule has 3 N–H and O–H groups in total. The van der Waals surface area contributed by atoms with Gasteiger partial charge in [-0.05, 0) is 62.6 Å². The van der Waals surface area contributed by atoms with Gasteiger partial charge in [0.2, 0.25) is 0 Å². The lowest BCUT2D eigenvalue weighted by molar-refractivity contribution is -0.151. The maximum absolute atomic E-state index is 12.9. The first-order chi connectivity index (χ1) is 19.4. The van der Waals surface area contributed by atoms with Crippen molar-refractivity contribution in [2.45, 2.75) is 38.5 Å². The fraction of sp³-hybridized carbons (Fsp3) is 0.241. The van der Waals surface area contributed by atoms with Crippen LogP contribution in [0.1, 0.15) is 26.2 Å². The molecule has 2 unspecified atom stereocenters. The molecule has 0 bridgehead atoms. The minimum absolute atomic E-state index is 0.180. The lowest BCUT2D eigenvalue weighted by Gasteiger charge is -2.21. The molecule has 3 amide bonds. The summed E-state index contributed by atoms with van der Waals surface area (Å²) in [6.45, 7) is 1.73. The van der Waals surface area contributed by atoms with Gasteiger partial charge in [0.1, 0.15) is 23.3 Å². The average molecular weight is 550 g/mol. The summed E-state index contributed by atoms with van der Waals surface area (Å²) in [4.78, 5) is 49.4. The third kappa shape index (κ3) is 11.1. The molecule has 0 fully saturated rings. The highest BCUT2D eigenvalue weighted by Crippen LogP contribution is 2.12. The molecule has 0 spiro atoms. The van der Waals surface area contributed by atoms with Gasteiger partial charge in [0.15, 0.2) is 6.23 Å². The van der Waals surface area contributed by atoms with Crippen molar-refractivity contribution in [3.8, 4) is 17.2 Å². The topological polar surface area (TPSA) is 141 Å². The Morgan fingerprint density at radius 1 is 0.625 bits per heavy atom. The van der Waals surface area contributed by atoms with Crippen LogP contribution >= 0.6 is 0 Å². The quantitative estimate of drug-likeness (QED) is 0.167. The van der Waals surface area contributed by atoms with E-state index in [9.17, 15) is 19.2 Å². The number of unbranched alkanes of at least 4 members (excludes halogenated alkanes) is 1. The number of hydrogen-bond acceptors (Lipinski definition) is 8. The van der Waals surface area contributed by atoms with Gasteiger partial charge in [0.05, 0.1) is 0 Å². The Labute approximate surface area is 231 Å². The van der Waals surface area contributed by atoms with Crippen molar-refractivity contribution >= 4 is 24.2 Å². The number of para-hydroxylation sites is 3. The normalized spacial score (nSPS) is 11.7. The number of hydrogen-bond donors (Lipinski definition) is 3. The third-order valence-electron chi connectivity index (χ3n) is 5.24. The van der Waals surface area contributed by atoms with Crippen LogP contribution in [0.5, 0.6) is 17.2 Å². The van der Waals surface area contributed by atoms with Gasteiger partial charge in [0.25, 0.3) is 0 Å². The number of rotatable bonds is 12. The van der Waals surface area contributed by atoms with Gasteiger partial charge in [0, 0.05) is 6.54 Å². The number of carbonyl (C=O) groups excluding carboxylic acids is 4. The summed E-state index contributed by atoms with van der Waals surface area (Å²) < 4.78 is 20.8. The molecule has 0 saturated heterocycles. The number of benzene rings is 3. The Balaban J connectivity index is 1.48. The van der Waals surface area contributed by atoms with E-state index in [1.807, 2.05) is 6.07 Å². The summed E-state index contributed by atoms with van der Waals surface area (Å²) in [6, 6.07) is 24.3. The zero-order valence-electron chi connectivity index (χ0n) is 21.9. The zero-order chi connectivity index (χ0) is 28.6. The first-order valence-electron chi connectivity index (χ1n) is 12.7. The minimum atomic E-state index is -1.08. The molecular weight excluding hydrogens is 518 g/mol. The molecule has 0 aromatic heterocycles. The molecule has 0 aliphatic carbocycles. The Hall–Kier alpha value is -5.06. The van der Waals surface area contributed by atoms with E-state index in [1.54, 1.807) is 84.9 Å². The second-order valence-electron chi connectivity index (χ2n) is 8.45. The maximum atomic E-state index is 12.9. The number of nitrogens with one attached hydrogen (secondary N) is 3. The monoisotopic (exact) mass is 549 g/mol. The van der Waals surface area contributed by atoms with Crippen molar-refractivity contribution in [1.82, 2.24) is 16.0 Å². The van der Waals surface area contributed by atoms with E-state index in [1.165, 1.54) is 6.92 Å². The standard InChI is InChI=1S/C29H31N3O8/c1-21(31-28(35)39-23-15-7-3-8-16-23)37-26(33)25(32-29(36)40-24-17-9-4-10-18-24)19-11-12-20-30-27(34)38-22-13-5-2-6-14-22/h2-10,13-18,21,25H,11-12,19-20H2,1H3,(H,30,34)(H,31,35)(H,32,36).